The van der Waals surface area contributed by atoms with Crippen molar-refractivity contribution in [1.29, 1.82) is 0 Å². The van der Waals surface area contributed by atoms with E-state index in [9.17, 15) is 4.79 Å². The molecule has 6 nitrogen and oxygen atoms in total. The molecule has 1 aromatic heterocycles. The van der Waals surface area contributed by atoms with E-state index in [1.54, 1.807) is 16.2 Å². The minimum absolute atomic E-state index is 0.00362. The SMILES string of the molecule is Cc1ccc(C)c2sc(N(CC[NH+]3CCOCC3)C(=O)COc3ccccc3)nc12. The first kappa shape index (κ1) is 20.8. The number of hydrogen-bond acceptors (Lipinski definition) is 5. The summed E-state index contributed by atoms with van der Waals surface area (Å²) in [5.74, 6) is 0.626. The highest BCUT2D eigenvalue weighted by atomic mass is 32.1. The third-order valence-electron chi connectivity index (χ3n) is 5.46. The quantitative estimate of drug-likeness (QED) is 0.630. The molecule has 3 aromatic rings. The van der Waals surface area contributed by atoms with Gasteiger partial charge in [-0.3, -0.25) is 9.69 Å². The van der Waals surface area contributed by atoms with Crippen molar-refractivity contribution in [3.8, 4) is 5.75 Å². The van der Waals surface area contributed by atoms with Gasteiger partial charge in [0.15, 0.2) is 11.7 Å². The summed E-state index contributed by atoms with van der Waals surface area (Å²) in [4.78, 5) is 21.3. The largest absolute Gasteiger partial charge is 0.484 e. The average Bonchev–Trinajstić information content (AvgIpc) is 3.23. The average molecular weight is 427 g/mol. The molecule has 0 bridgehead atoms. The Kier molecular flexibility index (Phi) is 6.62. The Balaban J connectivity index is 1.55. The number of para-hydroxylation sites is 1. The number of anilines is 1. The fourth-order valence-corrected chi connectivity index (χ4v) is 4.77. The molecule has 1 fully saturated rings. The number of carbonyl (C=O) groups excluding carboxylic acids is 1. The normalized spacial score (nSPS) is 14.7. The number of thiazole rings is 1. The smallest absolute Gasteiger partial charge is 0.266 e. The third-order valence-corrected chi connectivity index (χ3v) is 6.67. The number of aryl methyl sites for hydroxylation is 2. The minimum atomic E-state index is -0.0686. The number of rotatable bonds is 7. The molecule has 0 spiro atoms. The maximum Gasteiger partial charge on any atom is 0.266 e. The lowest BCUT2D eigenvalue weighted by Crippen LogP contribution is -3.14. The van der Waals surface area contributed by atoms with E-state index in [4.69, 9.17) is 14.5 Å². The van der Waals surface area contributed by atoms with Gasteiger partial charge in [0.2, 0.25) is 0 Å². The van der Waals surface area contributed by atoms with Crippen molar-refractivity contribution < 1.29 is 19.2 Å². The fraction of sp³-hybridized carbons (Fsp3) is 0.391. The highest BCUT2D eigenvalue weighted by Gasteiger charge is 2.24. The van der Waals surface area contributed by atoms with E-state index in [2.05, 4.69) is 26.0 Å². The first-order chi connectivity index (χ1) is 14.6. The molecule has 4 rings (SSSR count). The van der Waals surface area contributed by atoms with E-state index in [1.807, 2.05) is 30.3 Å². The minimum Gasteiger partial charge on any atom is -0.484 e. The second kappa shape index (κ2) is 9.55. The van der Waals surface area contributed by atoms with E-state index >= 15 is 0 Å². The Morgan fingerprint density at radius 3 is 2.60 bits per heavy atom. The summed E-state index contributed by atoms with van der Waals surface area (Å²) in [7, 11) is 0. The lowest BCUT2D eigenvalue weighted by molar-refractivity contribution is -0.906. The first-order valence-corrected chi connectivity index (χ1v) is 11.2. The van der Waals surface area contributed by atoms with Crippen LogP contribution in [0.15, 0.2) is 42.5 Å². The Hall–Kier alpha value is -2.48. The fourth-order valence-electron chi connectivity index (χ4n) is 3.61. The molecular weight excluding hydrogens is 398 g/mol. The van der Waals surface area contributed by atoms with Crippen molar-refractivity contribution in [2.24, 2.45) is 0 Å². The van der Waals surface area contributed by atoms with Crippen molar-refractivity contribution in [2.75, 3.05) is 50.9 Å². The molecule has 1 saturated heterocycles. The number of morpholine rings is 1. The standard InChI is InChI=1S/C23H27N3O3S/c1-17-8-9-18(2)22-21(17)24-23(30-22)26(11-10-25-12-14-28-15-13-25)20(27)16-29-19-6-4-3-5-7-19/h3-9H,10-16H2,1-2H3/p+1. The second-order valence-corrected chi connectivity index (χ2v) is 8.61. The van der Waals surface area contributed by atoms with Gasteiger partial charge in [0.05, 0.1) is 36.5 Å². The van der Waals surface area contributed by atoms with Crippen molar-refractivity contribution in [3.63, 3.8) is 0 Å². The van der Waals surface area contributed by atoms with Crippen LogP contribution in [0, 0.1) is 13.8 Å². The highest BCUT2D eigenvalue weighted by Crippen LogP contribution is 2.33. The molecule has 1 N–H and O–H groups in total. The van der Waals surface area contributed by atoms with Gasteiger partial charge in [0, 0.05) is 0 Å². The van der Waals surface area contributed by atoms with E-state index in [-0.39, 0.29) is 12.5 Å². The van der Waals surface area contributed by atoms with Crippen LogP contribution in [0.3, 0.4) is 0 Å². The lowest BCUT2D eigenvalue weighted by atomic mass is 10.1. The maximum absolute atomic E-state index is 13.2. The van der Waals surface area contributed by atoms with Crippen molar-refractivity contribution in [1.82, 2.24) is 4.98 Å². The van der Waals surface area contributed by atoms with Crippen LogP contribution in [0.5, 0.6) is 5.75 Å². The topological polar surface area (TPSA) is 56.1 Å². The molecule has 30 heavy (non-hydrogen) atoms. The van der Waals surface area contributed by atoms with Gasteiger partial charge < -0.3 is 14.4 Å². The van der Waals surface area contributed by atoms with E-state index in [0.717, 1.165) is 53.8 Å². The van der Waals surface area contributed by atoms with Gasteiger partial charge in [-0.25, -0.2) is 4.98 Å². The van der Waals surface area contributed by atoms with Crippen LogP contribution in [0.25, 0.3) is 10.2 Å². The summed E-state index contributed by atoms with van der Waals surface area (Å²) in [5.41, 5.74) is 3.30. The number of quaternary nitrogens is 1. The molecule has 1 aliphatic heterocycles. The van der Waals surface area contributed by atoms with Crippen LogP contribution in [0.1, 0.15) is 11.1 Å². The summed E-state index contributed by atoms with van der Waals surface area (Å²) in [6.45, 7) is 9.14. The maximum atomic E-state index is 13.2. The number of carbonyl (C=O) groups is 1. The molecule has 0 radical (unpaired) electrons. The molecule has 0 saturated carbocycles. The van der Waals surface area contributed by atoms with Crippen LogP contribution in [0.2, 0.25) is 0 Å². The predicted molar refractivity (Wildman–Crippen MR) is 120 cm³/mol. The monoisotopic (exact) mass is 426 g/mol. The van der Waals surface area contributed by atoms with Crippen LogP contribution >= 0.6 is 11.3 Å². The number of nitrogens with one attached hydrogen (secondary N) is 1. The van der Waals surface area contributed by atoms with Crippen molar-refractivity contribution in [2.45, 2.75) is 13.8 Å². The van der Waals surface area contributed by atoms with Gasteiger partial charge in [-0.2, -0.15) is 0 Å². The van der Waals surface area contributed by atoms with Crippen LogP contribution in [-0.4, -0.2) is 56.9 Å². The van der Waals surface area contributed by atoms with Gasteiger partial charge in [-0.15, -0.1) is 0 Å². The third kappa shape index (κ3) is 4.80. The predicted octanol–water partition coefficient (Wildman–Crippen LogP) is 2.24. The van der Waals surface area contributed by atoms with E-state index < -0.39 is 0 Å². The zero-order valence-electron chi connectivity index (χ0n) is 17.5. The lowest BCUT2D eigenvalue weighted by Gasteiger charge is -2.26. The molecule has 0 atom stereocenters. The molecule has 158 valence electrons. The number of ether oxygens (including phenoxy) is 2. The van der Waals surface area contributed by atoms with Gasteiger partial charge in [0.1, 0.15) is 18.8 Å². The summed E-state index contributed by atoms with van der Waals surface area (Å²) in [6, 6.07) is 13.7. The number of benzene rings is 2. The van der Waals surface area contributed by atoms with Gasteiger partial charge in [-0.05, 0) is 37.1 Å². The second-order valence-electron chi connectivity index (χ2n) is 7.63. The molecule has 1 amide bonds. The zero-order valence-corrected chi connectivity index (χ0v) is 18.3. The van der Waals surface area contributed by atoms with Gasteiger partial charge in [0.25, 0.3) is 5.91 Å². The van der Waals surface area contributed by atoms with E-state index in [1.165, 1.54) is 10.5 Å². The molecule has 7 heteroatoms. The number of amides is 1. The Morgan fingerprint density at radius 1 is 1.13 bits per heavy atom. The van der Waals surface area contributed by atoms with Crippen molar-refractivity contribution in [3.05, 3.63) is 53.6 Å². The Morgan fingerprint density at radius 2 is 1.87 bits per heavy atom. The first-order valence-electron chi connectivity index (χ1n) is 10.4. The zero-order chi connectivity index (χ0) is 20.9. The molecule has 0 unspecified atom stereocenters. The summed E-state index contributed by atoms with van der Waals surface area (Å²) in [5, 5.41) is 0.747. The number of aromatic nitrogens is 1. The molecular formula is C23H28N3O3S+. The molecule has 1 aliphatic rings. The van der Waals surface area contributed by atoms with Gasteiger partial charge >= 0.3 is 0 Å². The number of nitrogens with zero attached hydrogens (tertiary/aromatic N) is 2. The Bertz CT molecular complexity index is 961. The van der Waals surface area contributed by atoms with Crippen LogP contribution in [-0.2, 0) is 9.53 Å². The summed E-state index contributed by atoms with van der Waals surface area (Å²) >= 11 is 1.59. The number of hydrogen-bond donors (Lipinski definition) is 1. The van der Waals surface area contributed by atoms with Gasteiger partial charge in [-0.1, -0.05) is 41.7 Å². The van der Waals surface area contributed by atoms with E-state index in [0.29, 0.717) is 12.3 Å². The van der Waals surface area contributed by atoms with Crippen LogP contribution in [0.4, 0.5) is 5.13 Å². The molecule has 2 heterocycles. The molecule has 2 aromatic carbocycles. The summed E-state index contributed by atoms with van der Waals surface area (Å²) < 4.78 is 12.3. The number of fused-ring (bicyclic) bond motifs is 1. The van der Waals surface area contributed by atoms with Crippen molar-refractivity contribution >= 4 is 32.6 Å². The Labute approximate surface area is 181 Å². The summed E-state index contributed by atoms with van der Waals surface area (Å²) in [6.07, 6.45) is 0. The molecule has 0 aliphatic carbocycles. The highest BCUT2D eigenvalue weighted by molar-refractivity contribution is 7.22. The van der Waals surface area contributed by atoms with Crippen LogP contribution < -0.4 is 14.5 Å².